The lowest BCUT2D eigenvalue weighted by Crippen LogP contribution is -2.25. The maximum absolute atomic E-state index is 4.07. The summed E-state index contributed by atoms with van der Waals surface area (Å²) < 4.78 is 0. The lowest BCUT2D eigenvalue weighted by molar-refractivity contribution is 0.150. The number of allylic oxidation sites excluding steroid dienone is 2. The van der Waals surface area contributed by atoms with Crippen molar-refractivity contribution in [3.63, 3.8) is 0 Å². The second-order valence-corrected chi connectivity index (χ2v) is 6.87. The first-order valence-electron chi connectivity index (χ1n) is 7.99. The Morgan fingerprint density at radius 3 is 1.94 bits per heavy atom. The first-order valence-corrected chi connectivity index (χ1v) is 7.99. The molecule has 0 N–H and O–H groups in total. The smallest absolute Gasteiger partial charge is 0.0256 e. The molecule has 2 saturated carbocycles. The monoisotopic (exact) mass is 246 g/mol. The highest BCUT2D eigenvalue weighted by molar-refractivity contribution is 5.11. The van der Waals surface area contributed by atoms with E-state index in [0.717, 1.165) is 23.7 Å². The molecule has 102 valence electrons. The second kappa shape index (κ2) is 6.59. The maximum Gasteiger partial charge on any atom is -0.0256 e. The molecule has 0 unspecified atom stereocenters. The molecule has 2 fully saturated rings. The van der Waals surface area contributed by atoms with Gasteiger partial charge in [-0.05, 0) is 68.6 Å². The summed E-state index contributed by atoms with van der Waals surface area (Å²) in [4.78, 5) is 0. The molecule has 0 nitrogen and oxygen atoms in total. The van der Waals surface area contributed by atoms with Gasteiger partial charge in [0.15, 0.2) is 0 Å². The molecule has 0 aliphatic heterocycles. The van der Waals surface area contributed by atoms with Gasteiger partial charge < -0.3 is 0 Å². The topological polar surface area (TPSA) is 0 Å². The van der Waals surface area contributed by atoms with Crippen LogP contribution in [0.1, 0.15) is 64.7 Å². The van der Waals surface area contributed by atoms with Crippen LogP contribution in [-0.4, -0.2) is 0 Å². The van der Waals surface area contributed by atoms with Gasteiger partial charge in [-0.3, -0.25) is 0 Å². The van der Waals surface area contributed by atoms with Crippen molar-refractivity contribution in [3.05, 3.63) is 24.8 Å². The predicted octanol–water partition coefficient (Wildman–Crippen LogP) is 5.75. The first kappa shape index (κ1) is 13.9. The van der Waals surface area contributed by atoms with E-state index in [4.69, 9.17) is 0 Å². The molecule has 0 spiro atoms. The van der Waals surface area contributed by atoms with Crippen molar-refractivity contribution in [3.8, 4) is 0 Å². The number of rotatable bonds is 4. The largest absolute Gasteiger partial charge is 0.0988 e. The van der Waals surface area contributed by atoms with Gasteiger partial charge >= 0.3 is 0 Å². The molecule has 2 aliphatic rings. The summed E-state index contributed by atoms with van der Waals surface area (Å²) in [7, 11) is 0. The van der Waals surface area contributed by atoms with Crippen molar-refractivity contribution in [1.82, 2.24) is 0 Å². The number of hydrogen-bond acceptors (Lipinski definition) is 0. The molecule has 0 amide bonds. The zero-order valence-electron chi connectivity index (χ0n) is 12.2. The van der Waals surface area contributed by atoms with Crippen molar-refractivity contribution in [2.45, 2.75) is 64.7 Å². The fourth-order valence-electron chi connectivity index (χ4n) is 4.08. The molecular weight excluding hydrogens is 216 g/mol. The van der Waals surface area contributed by atoms with Crippen LogP contribution in [0.15, 0.2) is 24.8 Å². The van der Waals surface area contributed by atoms with Gasteiger partial charge in [0.2, 0.25) is 0 Å². The van der Waals surface area contributed by atoms with Crippen LogP contribution in [0, 0.1) is 23.7 Å². The zero-order valence-corrected chi connectivity index (χ0v) is 12.2. The fourth-order valence-corrected chi connectivity index (χ4v) is 4.08. The summed E-state index contributed by atoms with van der Waals surface area (Å²) in [5.74, 6) is 4.00. The van der Waals surface area contributed by atoms with Crippen molar-refractivity contribution in [2.75, 3.05) is 0 Å². The second-order valence-electron chi connectivity index (χ2n) is 6.87. The van der Waals surface area contributed by atoms with Gasteiger partial charge in [0.05, 0.1) is 0 Å². The molecule has 2 aliphatic carbocycles. The van der Waals surface area contributed by atoms with Crippen LogP contribution >= 0.6 is 0 Å². The summed E-state index contributed by atoms with van der Waals surface area (Å²) in [6.45, 7) is 10.3. The van der Waals surface area contributed by atoms with Crippen LogP contribution in [-0.2, 0) is 0 Å². The Morgan fingerprint density at radius 2 is 1.44 bits per heavy atom. The highest BCUT2D eigenvalue weighted by Gasteiger charge is 2.29. The molecule has 2 rings (SSSR count). The van der Waals surface area contributed by atoms with E-state index in [9.17, 15) is 0 Å². The standard InChI is InChI=1S/C18H30/c1-4-14(2)13-16-7-11-18(12-8-16)17-9-5-15(3)6-10-17/h4,15-18H,1-2,5-13H2,3H3. The first-order chi connectivity index (χ1) is 8.69. The molecule has 0 heteroatoms. The minimum absolute atomic E-state index is 0.897. The van der Waals surface area contributed by atoms with Crippen LogP contribution in [0.4, 0.5) is 0 Å². The molecule has 0 aromatic rings. The molecular formula is C18H30. The SMILES string of the molecule is C=CC(=C)CC1CCC(C2CCC(C)CC2)CC1. The van der Waals surface area contributed by atoms with Crippen molar-refractivity contribution in [1.29, 1.82) is 0 Å². The third kappa shape index (κ3) is 3.73. The minimum atomic E-state index is 0.897. The molecule has 0 heterocycles. The predicted molar refractivity (Wildman–Crippen MR) is 80.5 cm³/mol. The van der Waals surface area contributed by atoms with Crippen LogP contribution < -0.4 is 0 Å². The van der Waals surface area contributed by atoms with E-state index in [1.54, 1.807) is 0 Å². The molecule has 0 aromatic carbocycles. The van der Waals surface area contributed by atoms with Crippen molar-refractivity contribution in [2.24, 2.45) is 23.7 Å². The van der Waals surface area contributed by atoms with Gasteiger partial charge in [0, 0.05) is 0 Å². The Kier molecular flexibility index (Phi) is 5.09. The van der Waals surface area contributed by atoms with E-state index >= 15 is 0 Å². The van der Waals surface area contributed by atoms with Crippen LogP contribution in [0.25, 0.3) is 0 Å². The van der Waals surface area contributed by atoms with Crippen LogP contribution in [0.3, 0.4) is 0 Å². The Balaban J connectivity index is 1.73. The molecule has 0 bridgehead atoms. The van der Waals surface area contributed by atoms with Gasteiger partial charge in [0.25, 0.3) is 0 Å². The maximum atomic E-state index is 4.07. The van der Waals surface area contributed by atoms with E-state index in [0.29, 0.717) is 0 Å². The fraction of sp³-hybridized carbons (Fsp3) is 0.778. The van der Waals surface area contributed by atoms with E-state index in [2.05, 4.69) is 20.1 Å². The van der Waals surface area contributed by atoms with E-state index in [-0.39, 0.29) is 0 Å². The van der Waals surface area contributed by atoms with Gasteiger partial charge in [0.1, 0.15) is 0 Å². The molecule has 18 heavy (non-hydrogen) atoms. The van der Waals surface area contributed by atoms with Crippen LogP contribution in [0.5, 0.6) is 0 Å². The van der Waals surface area contributed by atoms with Gasteiger partial charge in [-0.2, -0.15) is 0 Å². The van der Waals surface area contributed by atoms with E-state index in [1.807, 2.05) is 6.08 Å². The van der Waals surface area contributed by atoms with Crippen LogP contribution in [0.2, 0.25) is 0 Å². The third-order valence-electron chi connectivity index (χ3n) is 5.46. The highest BCUT2D eigenvalue weighted by atomic mass is 14.3. The van der Waals surface area contributed by atoms with Gasteiger partial charge in [-0.1, -0.05) is 44.6 Å². The average Bonchev–Trinajstić information content (AvgIpc) is 2.40. The summed E-state index contributed by atoms with van der Waals surface area (Å²) in [6.07, 6.45) is 14.9. The molecule has 0 saturated heterocycles. The molecule has 0 aromatic heterocycles. The Bertz CT molecular complexity index is 272. The quantitative estimate of drug-likeness (QED) is 0.554. The van der Waals surface area contributed by atoms with Crippen molar-refractivity contribution >= 4 is 0 Å². The average molecular weight is 246 g/mol. The Hall–Kier alpha value is -0.520. The lowest BCUT2D eigenvalue weighted by Gasteiger charge is -2.37. The lowest BCUT2D eigenvalue weighted by atomic mass is 9.69. The summed E-state index contributed by atoms with van der Waals surface area (Å²) >= 11 is 0. The van der Waals surface area contributed by atoms with E-state index < -0.39 is 0 Å². The third-order valence-corrected chi connectivity index (χ3v) is 5.46. The van der Waals surface area contributed by atoms with E-state index in [1.165, 1.54) is 63.4 Å². The summed E-state index contributed by atoms with van der Waals surface area (Å²) in [6, 6.07) is 0. The zero-order chi connectivity index (χ0) is 13.0. The molecule has 0 radical (unpaired) electrons. The Morgan fingerprint density at radius 1 is 0.944 bits per heavy atom. The highest BCUT2D eigenvalue weighted by Crippen LogP contribution is 2.42. The molecule has 0 atom stereocenters. The summed E-state index contributed by atoms with van der Waals surface area (Å²) in [5.41, 5.74) is 1.24. The normalized spacial score (nSPS) is 37.2. The van der Waals surface area contributed by atoms with Gasteiger partial charge in [-0.15, -0.1) is 0 Å². The van der Waals surface area contributed by atoms with Crippen molar-refractivity contribution < 1.29 is 0 Å². The number of hydrogen-bond donors (Lipinski definition) is 0. The summed E-state index contributed by atoms with van der Waals surface area (Å²) in [5, 5.41) is 0. The Labute approximate surface area is 114 Å². The minimum Gasteiger partial charge on any atom is -0.0988 e. The van der Waals surface area contributed by atoms with Gasteiger partial charge in [-0.25, -0.2) is 0 Å².